The topological polar surface area (TPSA) is 40.6 Å². The summed E-state index contributed by atoms with van der Waals surface area (Å²) in [5.74, 6) is 0.0157. The summed E-state index contributed by atoms with van der Waals surface area (Å²) in [6.07, 6.45) is 4.05. The Morgan fingerprint density at radius 2 is 2.00 bits per heavy atom. The van der Waals surface area contributed by atoms with E-state index >= 15 is 0 Å². The SMILES string of the molecule is CCC(CN1C(=O)CC2(CCCc3ccccc32)C1=O)N(C)C. The largest absolute Gasteiger partial charge is 0.305 e. The molecule has 0 radical (unpaired) electrons. The number of amides is 2. The second-order valence-electron chi connectivity index (χ2n) is 7.10. The number of fused-ring (bicyclic) bond motifs is 2. The molecule has 0 aromatic heterocycles. The highest BCUT2D eigenvalue weighted by molar-refractivity contribution is 6.09. The van der Waals surface area contributed by atoms with Crippen molar-refractivity contribution in [1.29, 1.82) is 0 Å². The second-order valence-corrected chi connectivity index (χ2v) is 7.10. The third kappa shape index (κ3) is 2.59. The molecule has 4 heteroatoms. The zero-order valence-corrected chi connectivity index (χ0v) is 14.3. The van der Waals surface area contributed by atoms with Gasteiger partial charge in [0, 0.05) is 19.0 Å². The fourth-order valence-electron chi connectivity index (χ4n) is 4.18. The van der Waals surface area contributed by atoms with Gasteiger partial charge in [-0.15, -0.1) is 0 Å². The lowest BCUT2D eigenvalue weighted by Crippen LogP contribution is -2.46. The summed E-state index contributed by atoms with van der Waals surface area (Å²) in [5.41, 5.74) is 1.72. The van der Waals surface area contributed by atoms with Crippen LogP contribution in [-0.2, 0) is 21.4 Å². The van der Waals surface area contributed by atoms with Crippen LogP contribution in [0.5, 0.6) is 0 Å². The van der Waals surface area contributed by atoms with Gasteiger partial charge in [-0.1, -0.05) is 31.2 Å². The third-order valence-electron chi connectivity index (χ3n) is 5.59. The first kappa shape index (κ1) is 16.2. The Bertz CT molecular complexity index is 626. The molecule has 2 unspecified atom stereocenters. The average Bonchev–Trinajstić information content (AvgIpc) is 2.77. The average molecular weight is 314 g/mol. The molecule has 1 aliphatic carbocycles. The molecule has 1 heterocycles. The van der Waals surface area contributed by atoms with E-state index in [1.165, 1.54) is 10.5 Å². The van der Waals surface area contributed by atoms with Crippen LogP contribution in [0.4, 0.5) is 0 Å². The predicted molar refractivity (Wildman–Crippen MR) is 90.2 cm³/mol. The number of rotatable bonds is 4. The van der Waals surface area contributed by atoms with Crippen molar-refractivity contribution < 1.29 is 9.59 Å². The maximum atomic E-state index is 13.2. The van der Waals surface area contributed by atoms with Gasteiger partial charge in [0.15, 0.2) is 0 Å². The summed E-state index contributed by atoms with van der Waals surface area (Å²) >= 11 is 0. The van der Waals surface area contributed by atoms with Crippen molar-refractivity contribution in [1.82, 2.24) is 9.80 Å². The number of likely N-dealkylation sites (N-methyl/N-ethyl adjacent to an activating group) is 1. The van der Waals surface area contributed by atoms with Crippen molar-refractivity contribution in [2.75, 3.05) is 20.6 Å². The molecule has 124 valence electrons. The van der Waals surface area contributed by atoms with Gasteiger partial charge in [-0.25, -0.2) is 0 Å². The molecule has 2 aliphatic rings. The van der Waals surface area contributed by atoms with E-state index in [4.69, 9.17) is 0 Å². The number of nitrogens with zero attached hydrogens (tertiary/aromatic N) is 2. The summed E-state index contributed by atoms with van der Waals surface area (Å²) in [7, 11) is 4.01. The monoisotopic (exact) mass is 314 g/mol. The van der Waals surface area contributed by atoms with Gasteiger partial charge in [-0.2, -0.15) is 0 Å². The fraction of sp³-hybridized carbons (Fsp3) is 0.579. The maximum Gasteiger partial charge on any atom is 0.240 e. The molecule has 2 amide bonds. The van der Waals surface area contributed by atoms with E-state index < -0.39 is 5.41 Å². The molecule has 23 heavy (non-hydrogen) atoms. The van der Waals surface area contributed by atoms with Gasteiger partial charge < -0.3 is 4.90 Å². The van der Waals surface area contributed by atoms with Crippen molar-refractivity contribution >= 4 is 11.8 Å². The Hall–Kier alpha value is -1.68. The molecule has 1 aromatic carbocycles. The molecule has 0 N–H and O–H groups in total. The molecular formula is C19H26N2O2. The molecule has 0 saturated carbocycles. The summed E-state index contributed by atoms with van der Waals surface area (Å²) in [6.45, 7) is 2.60. The van der Waals surface area contributed by atoms with E-state index in [1.54, 1.807) is 0 Å². The first-order chi connectivity index (χ1) is 11.0. The molecule has 4 nitrogen and oxygen atoms in total. The fourth-order valence-corrected chi connectivity index (χ4v) is 4.18. The zero-order chi connectivity index (χ0) is 16.6. The Morgan fingerprint density at radius 3 is 2.70 bits per heavy atom. The number of benzene rings is 1. The number of imide groups is 1. The highest BCUT2D eigenvalue weighted by Crippen LogP contribution is 2.45. The third-order valence-corrected chi connectivity index (χ3v) is 5.59. The van der Waals surface area contributed by atoms with Crippen LogP contribution < -0.4 is 0 Å². The van der Waals surface area contributed by atoms with Crippen LogP contribution >= 0.6 is 0 Å². The minimum atomic E-state index is -0.601. The number of hydrogen-bond acceptors (Lipinski definition) is 3. The quantitative estimate of drug-likeness (QED) is 0.801. The number of likely N-dealkylation sites (tertiary alicyclic amines) is 1. The minimum absolute atomic E-state index is 0.00740. The van der Waals surface area contributed by atoms with Gasteiger partial charge in [-0.3, -0.25) is 14.5 Å². The Balaban J connectivity index is 1.93. The predicted octanol–water partition coefficient (Wildman–Crippen LogP) is 2.36. The van der Waals surface area contributed by atoms with Crippen LogP contribution in [0.15, 0.2) is 24.3 Å². The minimum Gasteiger partial charge on any atom is -0.305 e. The van der Waals surface area contributed by atoms with Gasteiger partial charge in [-0.05, 0) is 50.9 Å². The van der Waals surface area contributed by atoms with Crippen LogP contribution in [-0.4, -0.2) is 48.3 Å². The van der Waals surface area contributed by atoms with E-state index in [2.05, 4.69) is 17.9 Å². The van der Waals surface area contributed by atoms with Crippen molar-refractivity contribution in [3.63, 3.8) is 0 Å². The molecule has 1 aliphatic heterocycles. The van der Waals surface area contributed by atoms with Gasteiger partial charge >= 0.3 is 0 Å². The zero-order valence-electron chi connectivity index (χ0n) is 14.3. The molecule has 0 bridgehead atoms. The Kier molecular flexibility index (Phi) is 4.28. The first-order valence-electron chi connectivity index (χ1n) is 8.59. The summed E-state index contributed by atoms with van der Waals surface area (Å²) in [4.78, 5) is 29.5. The van der Waals surface area contributed by atoms with E-state index in [0.717, 1.165) is 31.2 Å². The van der Waals surface area contributed by atoms with Crippen LogP contribution in [0.3, 0.4) is 0 Å². The molecule has 3 rings (SSSR count). The van der Waals surface area contributed by atoms with Crippen LogP contribution in [0.1, 0.15) is 43.7 Å². The van der Waals surface area contributed by atoms with Gasteiger partial charge in [0.2, 0.25) is 11.8 Å². The Labute approximate surface area is 138 Å². The highest BCUT2D eigenvalue weighted by atomic mass is 16.2. The lowest BCUT2D eigenvalue weighted by molar-refractivity contribution is -0.141. The molecular weight excluding hydrogens is 288 g/mol. The van der Waals surface area contributed by atoms with E-state index in [9.17, 15) is 9.59 Å². The van der Waals surface area contributed by atoms with Gasteiger partial charge in [0.05, 0.1) is 5.41 Å². The summed E-state index contributed by atoms with van der Waals surface area (Å²) in [6, 6.07) is 8.38. The normalized spacial score (nSPS) is 25.3. The number of aryl methyl sites for hydroxylation is 1. The smallest absolute Gasteiger partial charge is 0.240 e. The number of carbonyl (C=O) groups is 2. The molecule has 1 aromatic rings. The first-order valence-corrected chi connectivity index (χ1v) is 8.59. The lowest BCUT2D eigenvalue weighted by atomic mass is 9.69. The van der Waals surface area contributed by atoms with E-state index in [0.29, 0.717) is 13.0 Å². The molecule has 2 atom stereocenters. The van der Waals surface area contributed by atoms with Crippen molar-refractivity contribution in [3.05, 3.63) is 35.4 Å². The van der Waals surface area contributed by atoms with Crippen LogP contribution in [0.2, 0.25) is 0 Å². The van der Waals surface area contributed by atoms with E-state index in [1.807, 2.05) is 32.3 Å². The number of carbonyl (C=O) groups excluding carboxylic acids is 2. The maximum absolute atomic E-state index is 13.2. The lowest BCUT2D eigenvalue weighted by Gasteiger charge is -2.34. The molecule has 1 spiro atoms. The second kappa shape index (κ2) is 6.08. The Morgan fingerprint density at radius 1 is 1.26 bits per heavy atom. The van der Waals surface area contributed by atoms with Crippen LogP contribution in [0, 0.1) is 0 Å². The van der Waals surface area contributed by atoms with Gasteiger partial charge in [0.1, 0.15) is 0 Å². The summed E-state index contributed by atoms with van der Waals surface area (Å²) in [5, 5.41) is 0. The van der Waals surface area contributed by atoms with E-state index in [-0.39, 0.29) is 17.9 Å². The number of hydrogen-bond donors (Lipinski definition) is 0. The molecule has 1 saturated heterocycles. The van der Waals surface area contributed by atoms with Crippen molar-refractivity contribution in [2.24, 2.45) is 0 Å². The van der Waals surface area contributed by atoms with Crippen molar-refractivity contribution in [2.45, 2.75) is 50.5 Å². The van der Waals surface area contributed by atoms with Gasteiger partial charge in [0.25, 0.3) is 0 Å². The van der Waals surface area contributed by atoms with Crippen molar-refractivity contribution in [3.8, 4) is 0 Å². The molecule has 1 fully saturated rings. The highest BCUT2D eigenvalue weighted by Gasteiger charge is 2.54. The summed E-state index contributed by atoms with van der Waals surface area (Å²) < 4.78 is 0. The van der Waals surface area contributed by atoms with Crippen LogP contribution in [0.25, 0.3) is 0 Å². The standard InChI is InChI=1S/C19H26N2O2/c1-4-15(20(2)3)13-21-17(22)12-19(18(21)23)11-7-9-14-8-5-6-10-16(14)19/h5-6,8,10,15H,4,7,9,11-13H2,1-3H3.